The van der Waals surface area contributed by atoms with Gasteiger partial charge in [-0.25, -0.2) is 9.78 Å². The number of primary amides is 2. The number of aryl methyl sites for hydroxylation is 1. The summed E-state index contributed by atoms with van der Waals surface area (Å²) in [4.78, 5) is 121. The number of carboxylic acids is 1. The van der Waals surface area contributed by atoms with Gasteiger partial charge in [0.25, 0.3) is 0 Å². The number of aromatic hydroxyl groups is 4. The summed E-state index contributed by atoms with van der Waals surface area (Å²) in [6.07, 6.45) is -17.8. The summed E-state index contributed by atoms with van der Waals surface area (Å²) in [7, 11) is 1.49. The topological polar surface area (TPSA) is 556 Å². The summed E-state index contributed by atoms with van der Waals surface area (Å²) in [5, 5.41) is 136. The van der Waals surface area contributed by atoms with E-state index < -0.39 is 214 Å². The molecular weight excluding hydrogens is 1700 g/mol. The molecule has 39 heteroatoms. The molecular formula is C85H92Cl3N11O24S. The zero-order chi connectivity index (χ0) is 89.8. The van der Waals surface area contributed by atoms with Crippen molar-refractivity contribution in [3.8, 4) is 74.1 Å². The molecule has 35 nitrogen and oxygen atoms in total. The minimum Gasteiger partial charge on any atom is -0.508 e. The predicted octanol–water partition coefficient (Wildman–Crippen LogP) is 6.28. The number of hydrogen-bond donors (Lipinski definition) is 19. The SMILES string of the molecule is CN[C@@H](CC(C)C)C(=O)N[C@@H](C(=O)N[C@@H](CC(N)=O)C(N)=O)[C@H](O)c1ccc(Oc2cc3cc(c2OC2OC(CSc4nc(C)cc(O)n4)C(O)C(O)C2OC2CC(C)(NCc4ccc(-c5ccc(Cl)cc5)cc4)C(O)C(C)O2)Oc2ccc(cc2Cl)[C@@H](O)C2NC(=O)[C@H](NC(=O)[C@@H]3C)c3ccc(O)c(c3)-c3c(O)cc(O)cc3[C@H](C(=O)O)NC2=O)c(Cl)c1. The third kappa shape index (κ3) is 21.1. The molecule has 7 amide bonds. The smallest absolute Gasteiger partial charge is 0.330 e. The quantitative estimate of drug-likeness (QED) is 0.0209. The zero-order valence-corrected chi connectivity index (χ0v) is 70.5. The Morgan fingerprint density at radius 1 is 0.718 bits per heavy atom. The maximum atomic E-state index is 15.6. The standard InChI is InChI=1S/C85H92Cl3N11O24S/c1-35(2)22-53(91-7)78(112)98-67(80(114)94-52(76(90)110)31-61(89)103)69(105)43-15-20-56(50(87)25-43)119-58-27-45-28-59(120-57-21-16-44(26-51(57)88)70(106)68-81(115)97-66(82(116)117)49-29-47(100)30-55(102)64(49)48-24-42(14-19-54(48)101)65(79(113)99-68)96-77(111)37(45)4)73(58)123-83-74(72(108)71(107)60(121-83)34-124-84-93-36(3)23-62(104)95-84)122-63-32-85(6,75(109)38(5)118-63)92-33-39-8-10-40(11-9-39)41-12-17-46(86)18-13-41/h8-21,23-30,35,37-38,52-53,60,63,65-72,74-75,83,91-92,100-102,105-109H,22,31-34H2,1-7H3,(H2,89,103)(H2,90,110)(H,94,114)(H,96,111)(H,97,115)(H,98,112)(H,99,113)(H,116,117)(H,93,95,104)/t37-,38?,52+,53+,60?,63?,65-,66-,67-,68?,69-,70-,71?,72?,74?,75?,83?,85?/m1/s1. The van der Waals surface area contributed by atoms with Gasteiger partial charge >= 0.3 is 5.97 Å². The highest BCUT2D eigenvalue weighted by Crippen LogP contribution is 2.50. The lowest BCUT2D eigenvalue weighted by molar-refractivity contribution is -0.330. The van der Waals surface area contributed by atoms with Crippen LogP contribution >= 0.6 is 46.6 Å². The molecule has 8 bridgehead atoms. The van der Waals surface area contributed by atoms with Gasteiger partial charge in [0.2, 0.25) is 59.3 Å². The number of carbonyl (C=O) groups excluding carboxylic acids is 7. The summed E-state index contributed by atoms with van der Waals surface area (Å²) in [5.74, 6) is -16.2. The number of rotatable bonds is 26. The second kappa shape index (κ2) is 38.9. The average molecular weight is 1790 g/mol. The monoisotopic (exact) mass is 1790 g/mol. The van der Waals surface area contributed by atoms with Gasteiger partial charge in [-0.1, -0.05) is 115 Å². The van der Waals surface area contributed by atoms with Crippen LogP contribution < -0.4 is 62.9 Å². The second-order valence-corrected chi connectivity index (χ2v) is 33.4. The van der Waals surface area contributed by atoms with Crippen molar-refractivity contribution < 1.29 is 118 Å². The van der Waals surface area contributed by atoms with Crippen LogP contribution in [0.2, 0.25) is 15.1 Å². The number of ether oxygens (including phenoxy) is 6. The number of phenolic OH excluding ortho intramolecular Hbond substituents is 3. The summed E-state index contributed by atoms with van der Waals surface area (Å²) in [6.45, 7) is 10.2. The number of phenols is 3. The van der Waals surface area contributed by atoms with E-state index in [-0.39, 0.29) is 85.6 Å². The Kier molecular flexibility index (Phi) is 28.9. The molecule has 18 atom stereocenters. The van der Waals surface area contributed by atoms with Crippen LogP contribution in [0.25, 0.3) is 22.3 Å². The van der Waals surface area contributed by atoms with Gasteiger partial charge < -0.3 is 128 Å². The number of nitrogens with two attached hydrogens (primary N) is 2. The number of fused-ring (bicyclic) bond motifs is 8. The number of carbonyl (C=O) groups is 8. The van der Waals surface area contributed by atoms with Gasteiger partial charge in [0, 0.05) is 63.8 Å². The van der Waals surface area contributed by atoms with E-state index >= 15 is 9.59 Å². The van der Waals surface area contributed by atoms with Crippen LogP contribution in [0.3, 0.4) is 0 Å². The van der Waals surface area contributed by atoms with Gasteiger partial charge in [0.1, 0.15) is 77.3 Å². The van der Waals surface area contributed by atoms with Crippen LogP contribution in [-0.2, 0) is 59.1 Å². The molecule has 0 saturated carbocycles. The molecule has 1 aromatic heterocycles. The molecule has 10 unspecified atom stereocenters. The normalized spacial score (nSPS) is 24.2. The number of nitrogens with one attached hydrogen (secondary N) is 7. The molecule has 6 heterocycles. The van der Waals surface area contributed by atoms with E-state index in [2.05, 4.69) is 47.2 Å². The number of hydrogen-bond acceptors (Lipinski definition) is 28. The maximum absolute atomic E-state index is 15.6. The molecule has 0 aliphatic carbocycles. The fourth-order valence-corrected chi connectivity index (χ4v) is 16.4. The van der Waals surface area contributed by atoms with Crippen LogP contribution in [0.15, 0.2) is 139 Å². The lowest BCUT2D eigenvalue weighted by Crippen LogP contribution is -2.65. The molecule has 7 aromatic carbocycles. The third-order valence-electron chi connectivity index (χ3n) is 21.6. The average Bonchev–Trinajstić information content (AvgIpc) is 0.761. The Balaban J connectivity index is 1.01. The Labute approximate surface area is 728 Å². The molecule has 13 rings (SSSR count). The summed E-state index contributed by atoms with van der Waals surface area (Å²) in [5.41, 5.74) is 10.7. The van der Waals surface area contributed by atoms with Gasteiger partial charge in [-0.3, -0.25) is 33.6 Å². The molecule has 5 aliphatic rings. The highest BCUT2D eigenvalue weighted by Gasteiger charge is 2.52. The van der Waals surface area contributed by atoms with Crippen molar-refractivity contribution in [2.24, 2.45) is 17.4 Å². The van der Waals surface area contributed by atoms with Crippen LogP contribution in [0.1, 0.15) is 123 Å². The van der Waals surface area contributed by atoms with Crippen molar-refractivity contribution in [3.63, 3.8) is 0 Å². The molecule has 658 valence electrons. The van der Waals surface area contributed by atoms with Crippen molar-refractivity contribution in [3.05, 3.63) is 188 Å². The highest BCUT2D eigenvalue weighted by molar-refractivity contribution is 7.99. The van der Waals surface area contributed by atoms with Crippen molar-refractivity contribution >= 4 is 93.9 Å². The lowest BCUT2D eigenvalue weighted by Gasteiger charge is -2.48. The van der Waals surface area contributed by atoms with E-state index in [1.165, 1.54) is 62.5 Å². The number of carboxylic acid groups (broad SMARTS) is 1. The summed E-state index contributed by atoms with van der Waals surface area (Å²) < 4.78 is 40.6. The van der Waals surface area contributed by atoms with Gasteiger partial charge in [-0.2, -0.15) is 4.98 Å². The van der Waals surface area contributed by atoms with E-state index in [0.717, 1.165) is 64.9 Å². The highest BCUT2D eigenvalue weighted by atomic mass is 35.5. The molecule has 8 aromatic rings. The van der Waals surface area contributed by atoms with Gasteiger partial charge in [0.15, 0.2) is 35.1 Å². The summed E-state index contributed by atoms with van der Waals surface area (Å²) in [6, 6.07) is 20.0. The van der Waals surface area contributed by atoms with E-state index in [1.807, 2.05) is 50.2 Å². The largest absolute Gasteiger partial charge is 0.508 e. The van der Waals surface area contributed by atoms with Gasteiger partial charge in [-0.05, 0) is 153 Å². The Morgan fingerprint density at radius 3 is 2.07 bits per heavy atom. The van der Waals surface area contributed by atoms with E-state index in [1.54, 1.807) is 32.9 Å². The number of halogens is 3. The van der Waals surface area contributed by atoms with E-state index in [9.17, 15) is 79.8 Å². The number of thioether (sulfide) groups is 1. The number of likely N-dealkylation sites (N-methyl/N-ethyl adjacent to an activating group) is 1. The molecule has 124 heavy (non-hydrogen) atoms. The fraction of sp³-hybridized carbons (Fsp3) is 0.365. The molecule has 5 aliphatic heterocycles. The van der Waals surface area contributed by atoms with Crippen molar-refractivity contribution in [2.75, 3.05) is 12.8 Å². The number of amides is 7. The first-order chi connectivity index (χ1) is 58.7. The zero-order valence-electron chi connectivity index (χ0n) is 67.4. The van der Waals surface area contributed by atoms with Crippen LogP contribution in [0.4, 0.5) is 0 Å². The molecule has 0 spiro atoms. The van der Waals surface area contributed by atoms with Crippen molar-refractivity contribution in [2.45, 2.75) is 182 Å². The predicted molar refractivity (Wildman–Crippen MR) is 448 cm³/mol. The molecule has 21 N–H and O–H groups in total. The van der Waals surface area contributed by atoms with Crippen LogP contribution in [0, 0.1) is 12.8 Å². The van der Waals surface area contributed by atoms with Crippen LogP contribution in [-0.4, -0.2) is 200 Å². The number of aliphatic hydroxyl groups excluding tert-OH is 5. The molecule has 2 saturated heterocycles. The first-order valence-corrected chi connectivity index (χ1v) is 41.2. The van der Waals surface area contributed by atoms with E-state index in [0.29, 0.717) is 10.7 Å². The fourth-order valence-electron chi connectivity index (χ4n) is 14.9. The first-order valence-electron chi connectivity index (χ1n) is 39.1. The molecule has 0 radical (unpaired) electrons. The number of benzene rings is 7. The minimum absolute atomic E-state index is 0.0139. The minimum atomic E-state index is -2.20. The first kappa shape index (κ1) is 92.0. The number of nitrogens with zero attached hydrogens (tertiary/aromatic N) is 2. The number of aromatic nitrogens is 2. The maximum Gasteiger partial charge on any atom is 0.330 e. The lowest BCUT2D eigenvalue weighted by atomic mass is 9.84. The Morgan fingerprint density at radius 2 is 1.42 bits per heavy atom. The number of aliphatic carboxylic acids is 1. The Bertz CT molecular complexity index is 5360. The number of aliphatic hydroxyl groups is 5. The van der Waals surface area contributed by atoms with Crippen LogP contribution in [0.5, 0.6) is 51.9 Å². The Hall–Kier alpha value is -11.2. The third-order valence-corrected chi connectivity index (χ3v) is 23.4. The molecule has 2 fully saturated rings. The van der Waals surface area contributed by atoms with Gasteiger partial charge in [-0.15, -0.1) is 0 Å². The summed E-state index contributed by atoms with van der Waals surface area (Å²) >= 11 is 21.5. The van der Waals surface area contributed by atoms with E-state index in [4.69, 9.17) is 74.7 Å². The van der Waals surface area contributed by atoms with Crippen molar-refractivity contribution in [1.82, 2.24) is 47.2 Å². The van der Waals surface area contributed by atoms with Crippen molar-refractivity contribution in [1.29, 1.82) is 0 Å². The second-order valence-electron chi connectivity index (χ2n) is 31.1. The van der Waals surface area contributed by atoms with Gasteiger partial charge in [0.05, 0.1) is 46.7 Å².